The van der Waals surface area contributed by atoms with Gasteiger partial charge in [-0.15, -0.1) is 6.58 Å². The average Bonchev–Trinajstić information content (AvgIpc) is 1.82. The Hall–Kier alpha value is -0.500. The normalized spacial score (nSPS) is 8.67. The van der Waals surface area contributed by atoms with Crippen molar-refractivity contribution in [1.29, 1.82) is 0 Å². The molecule has 0 fully saturated rings. The standard InChI is InChI=1S/C6H10ClNO/c1-3-5-8(4-2)6(7)9/h3H,1,4-5H2,2H3. The van der Waals surface area contributed by atoms with Crippen LogP contribution in [0.4, 0.5) is 4.79 Å². The number of halogens is 1. The summed E-state index contributed by atoms with van der Waals surface area (Å²) in [6, 6.07) is 0. The Balaban J connectivity index is 3.67. The Morgan fingerprint density at radius 3 is 2.56 bits per heavy atom. The quantitative estimate of drug-likeness (QED) is 0.339. The maximum atomic E-state index is 10.4. The third-order valence-corrected chi connectivity index (χ3v) is 1.22. The van der Waals surface area contributed by atoms with E-state index in [1.54, 1.807) is 6.08 Å². The molecule has 0 radical (unpaired) electrons. The second-order valence-corrected chi connectivity index (χ2v) is 1.90. The summed E-state index contributed by atoms with van der Waals surface area (Å²) in [5, 5.41) is -0.419. The number of nitrogens with zero attached hydrogens (tertiary/aromatic N) is 1. The summed E-state index contributed by atoms with van der Waals surface area (Å²) < 4.78 is 0. The topological polar surface area (TPSA) is 20.3 Å². The first kappa shape index (κ1) is 8.50. The van der Waals surface area contributed by atoms with Crippen LogP contribution >= 0.6 is 11.6 Å². The van der Waals surface area contributed by atoms with E-state index in [9.17, 15) is 4.79 Å². The largest absolute Gasteiger partial charge is 0.326 e. The van der Waals surface area contributed by atoms with E-state index in [0.29, 0.717) is 13.1 Å². The summed E-state index contributed by atoms with van der Waals surface area (Å²) in [7, 11) is 0. The van der Waals surface area contributed by atoms with Crippen LogP contribution in [0.15, 0.2) is 12.7 Å². The van der Waals surface area contributed by atoms with E-state index >= 15 is 0 Å². The van der Waals surface area contributed by atoms with E-state index in [1.807, 2.05) is 6.92 Å². The van der Waals surface area contributed by atoms with Gasteiger partial charge in [0.25, 0.3) is 0 Å². The van der Waals surface area contributed by atoms with E-state index in [4.69, 9.17) is 11.6 Å². The van der Waals surface area contributed by atoms with Crippen molar-refractivity contribution in [2.75, 3.05) is 13.1 Å². The van der Waals surface area contributed by atoms with Crippen LogP contribution in [0, 0.1) is 0 Å². The van der Waals surface area contributed by atoms with E-state index in [1.165, 1.54) is 4.90 Å². The molecule has 0 N–H and O–H groups in total. The SMILES string of the molecule is C=CCN(CC)C(=O)Cl. The van der Waals surface area contributed by atoms with Gasteiger partial charge in [0.2, 0.25) is 0 Å². The first-order valence-electron chi connectivity index (χ1n) is 2.77. The van der Waals surface area contributed by atoms with Crippen LogP contribution < -0.4 is 0 Å². The molecule has 52 valence electrons. The number of likely N-dealkylation sites (N-methyl/N-ethyl adjacent to an activating group) is 1. The molecule has 0 unspecified atom stereocenters. The molecule has 0 aliphatic heterocycles. The van der Waals surface area contributed by atoms with Crippen LogP contribution in [0.2, 0.25) is 0 Å². The van der Waals surface area contributed by atoms with Gasteiger partial charge in [0, 0.05) is 13.1 Å². The maximum absolute atomic E-state index is 10.4. The predicted octanol–water partition coefficient (Wildman–Crippen LogP) is 1.85. The zero-order chi connectivity index (χ0) is 7.28. The van der Waals surface area contributed by atoms with Gasteiger partial charge in [0.1, 0.15) is 0 Å². The molecule has 0 aromatic rings. The fraction of sp³-hybridized carbons (Fsp3) is 0.500. The van der Waals surface area contributed by atoms with Gasteiger partial charge in [-0.2, -0.15) is 0 Å². The van der Waals surface area contributed by atoms with Crippen molar-refractivity contribution in [3.63, 3.8) is 0 Å². The van der Waals surface area contributed by atoms with E-state index in [0.717, 1.165) is 0 Å². The first-order valence-corrected chi connectivity index (χ1v) is 3.15. The molecule has 1 amide bonds. The molecular weight excluding hydrogens is 138 g/mol. The Bertz CT molecular complexity index is 114. The van der Waals surface area contributed by atoms with Crippen molar-refractivity contribution < 1.29 is 4.79 Å². The monoisotopic (exact) mass is 147 g/mol. The summed E-state index contributed by atoms with van der Waals surface area (Å²) in [6.45, 7) is 6.50. The number of rotatable bonds is 3. The molecule has 0 aliphatic rings. The summed E-state index contributed by atoms with van der Waals surface area (Å²) in [5.74, 6) is 0. The summed E-state index contributed by atoms with van der Waals surface area (Å²) >= 11 is 5.16. The fourth-order valence-corrected chi connectivity index (χ4v) is 0.670. The molecule has 9 heavy (non-hydrogen) atoms. The Labute approximate surface area is 60.1 Å². The van der Waals surface area contributed by atoms with E-state index in [-0.39, 0.29) is 0 Å². The van der Waals surface area contributed by atoms with Gasteiger partial charge in [-0.25, -0.2) is 0 Å². The highest BCUT2D eigenvalue weighted by Crippen LogP contribution is 1.94. The molecule has 0 spiro atoms. The van der Waals surface area contributed by atoms with Gasteiger partial charge in [-0.3, -0.25) is 4.79 Å². The minimum Gasteiger partial charge on any atom is -0.326 e. The number of amides is 1. The molecule has 0 atom stereocenters. The molecule has 3 heteroatoms. The summed E-state index contributed by atoms with van der Waals surface area (Å²) in [5.41, 5.74) is 0. The highest BCUT2D eigenvalue weighted by atomic mass is 35.5. The highest BCUT2D eigenvalue weighted by Gasteiger charge is 2.03. The average molecular weight is 148 g/mol. The van der Waals surface area contributed by atoms with Gasteiger partial charge in [0.05, 0.1) is 0 Å². The van der Waals surface area contributed by atoms with Crippen molar-refractivity contribution in [3.8, 4) is 0 Å². The van der Waals surface area contributed by atoms with Crippen LogP contribution in [0.1, 0.15) is 6.92 Å². The molecule has 0 rings (SSSR count). The van der Waals surface area contributed by atoms with Crippen molar-refractivity contribution in [2.45, 2.75) is 6.92 Å². The summed E-state index contributed by atoms with van der Waals surface area (Å²) in [4.78, 5) is 11.9. The Morgan fingerprint density at radius 2 is 2.44 bits per heavy atom. The number of carbonyl (C=O) groups excluding carboxylic acids is 1. The van der Waals surface area contributed by atoms with Gasteiger partial charge in [-0.05, 0) is 18.5 Å². The Kier molecular flexibility index (Phi) is 4.14. The number of hydrogen-bond donors (Lipinski definition) is 0. The molecule has 0 saturated carbocycles. The lowest BCUT2D eigenvalue weighted by Crippen LogP contribution is -2.25. The van der Waals surface area contributed by atoms with Gasteiger partial charge in [-0.1, -0.05) is 6.08 Å². The van der Waals surface area contributed by atoms with Crippen molar-refractivity contribution in [1.82, 2.24) is 4.90 Å². The lowest BCUT2D eigenvalue weighted by atomic mass is 10.5. The van der Waals surface area contributed by atoms with Crippen LogP contribution in [0.25, 0.3) is 0 Å². The maximum Gasteiger partial charge on any atom is 0.316 e. The molecule has 0 heterocycles. The fourth-order valence-electron chi connectivity index (χ4n) is 0.481. The highest BCUT2D eigenvalue weighted by molar-refractivity contribution is 6.62. The van der Waals surface area contributed by atoms with Gasteiger partial charge < -0.3 is 4.90 Å². The minimum atomic E-state index is -0.419. The van der Waals surface area contributed by atoms with Crippen LogP contribution in [0.5, 0.6) is 0 Å². The second kappa shape index (κ2) is 4.39. The first-order chi connectivity index (χ1) is 4.22. The lowest BCUT2D eigenvalue weighted by Gasteiger charge is -2.13. The van der Waals surface area contributed by atoms with Crippen LogP contribution in [0.3, 0.4) is 0 Å². The van der Waals surface area contributed by atoms with Crippen molar-refractivity contribution in [2.24, 2.45) is 0 Å². The van der Waals surface area contributed by atoms with Crippen molar-refractivity contribution in [3.05, 3.63) is 12.7 Å². The molecule has 2 nitrogen and oxygen atoms in total. The lowest BCUT2D eigenvalue weighted by molar-refractivity contribution is 0.229. The summed E-state index contributed by atoms with van der Waals surface area (Å²) in [6.07, 6.45) is 1.64. The van der Waals surface area contributed by atoms with Crippen LogP contribution in [-0.2, 0) is 0 Å². The van der Waals surface area contributed by atoms with E-state index in [2.05, 4.69) is 6.58 Å². The van der Waals surface area contributed by atoms with Crippen molar-refractivity contribution >= 4 is 17.0 Å². The minimum absolute atomic E-state index is 0.419. The molecule has 0 aromatic heterocycles. The zero-order valence-electron chi connectivity index (χ0n) is 5.43. The third kappa shape index (κ3) is 3.14. The molecule has 0 saturated heterocycles. The zero-order valence-corrected chi connectivity index (χ0v) is 6.19. The van der Waals surface area contributed by atoms with E-state index < -0.39 is 5.37 Å². The second-order valence-electron chi connectivity index (χ2n) is 1.58. The molecule has 0 bridgehead atoms. The number of carbonyl (C=O) groups is 1. The molecular formula is C6H10ClNO. The molecule has 0 aromatic carbocycles. The van der Waals surface area contributed by atoms with Gasteiger partial charge in [0.15, 0.2) is 0 Å². The van der Waals surface area contributed by atoms with Crippen LogP contribution in [-0.4, -0.2) is 23.4 Å². The molecule has 0 aliphatic carbocycles. The predicted molar refractivity (Wildman–Crippen MR) is 38.7 cm³/mol. The number of hydrogen-bond acceptors (Lipinski definition) is 1. The smallest absolute Gasteiger partial charge is 0.316 e. The Morgan fingerprint density at radius 1 is 1.89 bits per heavy atom. The van der Waals surface area contributed by atoms with Gasteiger partial charge >= 0.3 is 5.37 Å². The third-order valence-electron chi connectivity index (χ3n) is 0.980.